The van der Waals surface area contributed by atoms with Crippen molar-refractivity contribution in [1.82, 2.24) is 0 Å². The third kappa shape index (κ3) is 9.11. The van der Waals surface area contributed by atoms with Crippen molar-refractivity contribution in [3.63, 3.8) is 0 Å². The van der Waals surface area contributed by atoms with E-state index in [4.69, 9.17) is 0 Å². The molecule has 0 unspecified atom stereocenters. The van der Waals surface area contributed by atoms with Gasteiger partial charge in [-0.3, -0.25) is 0 Å². The number of rotatable bonds is 3. The van der Waals surface area contributed by atoms with Crippen molar-refractivity contribution < 1.29 is 17.1 Å². The topological polar surface area (TPSA) is 0 Å². The van der Waals surface area contributed by atoms with E-state index in [0.717, 1.165) is 0 Å². The van der Waals surface area contributed by atoms with Gasteiger partial charge >= 0.3 is 0 Å². The molecule has 15 heavy (non-hydrogen) atoms. The quantitative estimate of drug-likeness (QED) is 0.429. The summed E-state index contributed by atoms with van der Waals surface area (Å²) in [5, 5.41) is 0. The van der Waals surface area contributed by atoms with E-state index in [0.29, 0.717) is 0 Å². The van der Waals surface area contributed by atoms with E-state index in [1.54, 1.807) is 30.2 Å². The molecule has 0 saturated carbocycles. The molecule has 0 spiro atoms. The van der Waals surface area contributed by atoms with Crippen LogP contribution >= 0.6 is 37.7 Å². The molecule has 2 rings (SSSR count). The van der Waals surface area contributed by atoms with Gasteiger partial charge in [0.05, 0.1) is 0 Å². The van der Waals surface area contributed by atoms with Crippen LogP contribution in [0, 0.1) is 0 Å². The summed E-state index contributed by atoms with van der Waals surface area (Å²) in [5.74, 6) is 0. The minimum absolute atomic E-state index is 0. The van der Waals surface area contributed by atoms with Crippen LogP contribution in [0.3, 0.4) is 0 Å². The molecule has 2 aromatic rings. The average molecular weight is 333 g/mol. The molecule has 1 aromatic carbocycles. The molecule has 0 N–H and O–H groups in total. The summed E-state index contributed by atoms with van der Waals surface area (Å²) in [6, 6.07) is 8.58. The van der Waals surface area contributed by atoms with E-state index in [-0.39, 0.29) is 17.1 Å². The molecule has 0 bridgehead atoms. The summed E-state index contributed by atoms with van der Waals surface area (Å²) in [5.41, 5.74) is 1.48. The summed E-state index contributed by atoms with van der Waals surface area (Å²) < 4.78 is 0. The molecule has 0 nitrogen and oxygen atoms in total. The summed E-state index contributed by atoms with van der Waals surface area (Å²) in [4.78, 5) is 0. The smallest absolute Gasteiger partial charge is 0 e. The Morgan fingerprint density at radius 3 is 2.13 bits per heavy atom. The predicted molar refractivity (Wildman–Crippen MR) is 76.6 cm³/mol. The first-order valence-corrected chi connectivity index (χ1v) is 13.1. The number of aryl methyl sites for hydroxylation is 1. The van der Waals surface area contributed by atoms with Gasteiger partial charge in [-0.2, -0.15) is 17.7 Å². The average Bonchev–Trinajstić information content (AvgIpc) is 2.90. The van der Waals surface area contributed by atoms with Crippen LogP contribution in [0.2, 0.25) is 0 Å². The van der Waals surface area contributed by atoms with Crippen molar-refractivity contribution in [2.24, 2.45) is 0 Å². The van der Waals surface area contributed by atoms with Gasteiger partial charge in [-0.1, -0.05) is 33.7 Å². The minimum Gasteiger partial charge on any atom is -0.213 e. The van der Waals surface area contributed by atoms with Crippen LogP contribution in [-0.4, -0.2) is 0 Å². The molecule has 0 saturated heterocycles. The van der Waals surface area contributed by atoms with E-state index in [2.05, 4.69) is 31.2 Å². The normalized spacial score (nSPS) is 11.3. The number of unbranched alkanes of at least 4 members (excludes halogenated alkanes) is 1. The fourth-order valence-electron chi connectivity index (χ4n) is 1.06. The maximum Gasteiger partial charge on any atom is 0 e. The Kier molecular flexibility index (Phi) is 12.9. The summed E-state index contributed by atoms with van der Waals surface area (Å²) >= 11 is 0. The molecular weight excluding hydrogens is 319 g/mol. The molecule has 0 radical (unpaired) electrons. The van der Waals surface area contributed by atoms with E-state index >= 15 is 0 Å². The van der Waals surface area contributed by atoms with Gasteiger partial charge in [-0.15, -0.1) is 0 Å². The summed E-state index contributed by atoms with van der Waals surface area (Å²) in [6.45, 7) is 2.23. The molecular formula is C9H14FeP5-. The maximum absolute atomic E-state index is 2.23. The molecule has 84 valence electrons. The Hall–Kier alpha value is 1.37. The van der Waals surface area contributed by atoms with Gasteiger partial charge in [0, 0.05) is 17.1 Å². The number of hydrogen-bond donors (Lipinski definition) is 0. The van der Waals surface area contributed by atoms with Crippen molar-refractivity contribution in [1.29, 1.82) is 0 Å². The second-order valence-electron chi connectivity index (χ2n) is 2.88. The molecule has 0 aliphatic heterocycles. The van der Waals surface area contributed by atoms with E-state index in [9.17, 15) is 0 Å². The summed E-state index contributed by atoms with van der Waals surface area (Å²) in [7, 11) is 7.83. The van der Waals surface area contributed by atoms with Gasteiger partial charge in [0.2, 0.25) is 0 Å². The minimum atomic E-state index is 0. The van der Waals surface area contributed by atoms with E-state index < -0.39 is 0 Å². The zero-order chi connectivity index (χ0) is 10.1. The van der Waals surface area contributed by atoms with Gasteiger partial charge in [-0.05, 0) is 30.2 Å². The first-order valence-electron chi connectivity index (χ1n) is 4.69. The van der Waals surface area contributed by atoms with Crippen LogP contribution < -0.4 is 0 Å². The number of hydrogen-bond acceptors (Lipinski definition) is 0. The van der Waals surface area contributed by atoms with Gasteiger partial charge in [0.15, 0.2) is 0 Å². The van der Waals surface area contributed by atoms with Crippen molar-refractivity contribution in [2.75, 3.05) is 0 Å². The molecule has 0 aliphatic rings. The van der Waals surface area contributed by atoms with Crippen molar-refractivity contribution >= 4 is 37.7 Å². The zero-order valence-corrected chi connectivity index (χ0v) is 14.3. The maximum atomic E-state index is 2.23. The second kappa shape index (κ2) is 11.8. The molecule has 6 heteroatoms. The molecule has 1 aromatic heterocycles. The fraction of sp³-hybridized carbons (Fsp3) is 0.444. The largest absolute Gasteiger partial charge is 0.213 e. The van der Waals surface area contributed by atoms with Crippen LogP contribution in [0.4, 0.5) is 0 Å². The van der Waals surface area contributed by atoms with Gasteiger partial charge in [-0.25, -0.2) is 12.1 Å². The van der Waals surface area contributed by atoms with Crippen LogP contribution in [0.5, 0.6) is 0 Å². The Bertz CT molecular complexity index is 275. The van der Waals surface area contributed by atoms with Crippen molar-refractivity contribution in [2.45, 2.75) is 26.2 Å². The first kappa shape index (κ1) is 16.4. The van der Waals surface area contributed by atoms with E-state index in [1.165, 1.54) is 32.4 Å². The van der Waals surface area contributed by atoms with Gasteiger partial charge < -0.3 is 0 Å². The van der Waals surface area contributed by atoms with Gasteiger partial charge in [0.25, 0.3) is 0 Å². The third-order valence-electron chi connectivity index (χ3n) is 1.77. The van der Waals surface area contributed by atoms with Crippen LogP contribution in [-0.2, 0) is 23.5 Å². The second-order valence-corrected chi connectivity index (χ2v) is 15.3. The Balaban J connectivity index is 0.000000280. The summed E-state index contributed by atoms with van der Waals surface area (Å²) in [6.07, 6.45) is 3.87. The first-order chi connectivity index (χ1) is 6.93. The van der Waals surface area contributed by atoms with Crippen LogP contribution in [0.15, 0.2) is 24.3 Å². The molecule has 0 fully saturated rings. The third-order valence-corrected chi connectivity index (χ3v) is 19.3. The monoisotopic (exact) mass is 333 g/mol. The van der Waals surface area contributed by atoms with Gasteiger partial charge in [0.1, 0.15) is 0 Å². The molecule has 0 atom stereocenters. The molecule has 0 amide bonds. The van der Waals surface area contributed by atoms with Crippen molar-refractivity contribution in [3.8, 4) is 0 Å². The zero-order valence-electron chi connectivity index (χ0n) is 8.57. The Morgan fingerprint density at radius 1 is 1.13 bits per heavy atom. The fourth-order valence-corrected chi connectivity index (χ4v) is 25.3. The predicted octanol–water partition coefficient (Wildman–Crippen LogP) is 6.78. The van der Waals surface area contributed by atoms with Crippen LogP contribution in [0.25, 0.3) is 0 Å². The van der Waals surface area contributed by atoms with Crippen molar-refractivity contribution in [3.05, 3.63) is 29.8 Å². The molecule has 1 heterocycles. The standard InChI is InChI=1S/C9H13.Fe.HP5/c1-2-3-6-9-7-4-5-8-9;;1-2-4-5-3-1/h4-5,7-8H,2-3,6H2,1H3;;1H/q-1;;. The Morgan fingerprint density at radius 2 is 1.73 bits per heavy atom. The Labute approximate surface area is 110 Å². The van der Waals surface area contributed by atoms with Crippen LogP contribution in [0.1, 0.15) is 25.3 Å². The molecule has 0 aliphatic carbocycles. The SMILES string of the molecule is CCCC[c-]1cccc1.[Fe].p1pp[pH]p1. The van der Waals surface area contributed by atoms with E-state index in [1.807, 2.05) is 0 Å².